The lowest BCUT2D eigenvalue weighted by molar-refractivity contribution is -0.123. The number of amides is 1. The van der Waals surface area contributed by atoms with E-state index < -0.39 is 16.1 Å². The van der Waals surface area contributed by atoms with E-state index in [2.05, 4.69) is 10.0 Å². The van der Waals surface area contributed by atoms with Crippen LogP contribution in [0.5, 0.6) is 5.75 Å². The molecule has 0 radical (unpaired) electrons. The summed E-state index contributed by atoms with van der Waals surface area (Å²) in [5.41, 5.74) is 2.03. The number of halogens is 1. The zero-order valence-electron chi connectivity index (χ0n) is 19.9. The van der Waals surface area contributed by atoms with E-state index in [9.17, 15) is 13.2 Å². The number of aryl methyl sites for hydroxylation is 1. The summed E-state index contributed by atoms with van der Waals surface area (Å²) in [6.07, 6.45) is 1.75. The van der Waals surface area contributed by atoms with Crippen LogP contribution in [-0.4, -0.2) is 33.0 Å². The topological polar surface area (TPSA) is 84.5 Å². The molecule has 186 valence electrons. The smallest absolute Gasteiger partial charge is 0.241 e. The molecular weight excluding hydrogens is 484 g/mol. The van der Waals surface area contributed by atoms with Crippen LogP contribution in [0, 0.1) is 0 Å². The fraction of sp³-hybridized carbons (Fsp3) is 0.296. The van der Waals surface area contributed by atoms with E-state index in [0.29, 0.717) is 12.4 Å². The van der Waals surface area contributed by atoms with Gasteiger partial charge >= 0.3 is 0 Å². The summed E-state index contributed by atoms with van der Waals surface area (Å²) in [7, 11) is -4.02. The maximum Gasteiger partial charge on any atom is 0.241 e. The molecule has 3 aromatic carbocycles. The summed E-state index contributed by atoms with van der Waals surface area (Å²) in [4.78, 5) is 13.2. The van der Waals surface area contributed by atoms with Gasteiger partial charge < -0.3 is 10.1 Å². The Morgan fingerprint density at radius 3 is 2.20 bits per heavy atom. The molecule has 0 bridgehead atoms. The van der Waals surface area contributed by atoms with Crippen LogP contribution in [0.1, 0.15) is 31.4 Å². The molecule has 8 heteroatoms. The summed E-state index contributed by atoms with van der Waals surface area (Å²) in [5, 5.41) is 3.16. The number of sulfonamides is 1. The van der Waals surface area contributed by atoms with Gasteiger partial charge in [0.05, 0.1) is 16.5 Å². The summed E-state index contributed by atoms with van der Waals surface area (Å²) in [5.74, 6) is 0.0222. The van der Waals surface area contributed by atoms with Crippen LogP contribution < -0.4 is 14.8 Å². The highest BCUT2D eigenvalue weighted by Gasteiger charge is 2.27. The first-order valence-corrected chi connectivity index (χ1v) is 13.5. The fourth-order valence-corrected chi connectivity index (χ4v) is 5.18. The largest absolute Gasteiger partial charge is 0.492 e. The van der Waals surface area contributed by atoms with Crippen molar-refractivity contribution in [3.05, 3.63) is 95.0 Å². The molecule has 0 fully saturated rings. The Hall–Kier alpha value is -2.87. The second-order valence-electron chi connectivity index (χ2n) is 8.32. The second-order valence-corrected chi connectivity index (χ2v) is 10.4. The molecule has 0 aromatic heterocycles. The van der Waals surface area contributed by atoms with E-state index in [-0.39, 0.29) is 28.3 Å². The van der Waals surface area contributed by atoms with Crippen molar-refractivity contribution in [3.8, 4) is 5.75 Å². The van der Waals surface area contributed by atoms with Crippen molar-refractivity contribution in [3.63, 3.8) is 0 Å². The third-order valence-corrected chi connectivity index (χ3v) is 7.27. The summed E-state index contributed by atoms with van der Waals surface area (Å²) >= 11 is 6.20. The molecule has 0 saturated heterocycles. The van der Waals surface area contributed by atoms with E-state index in [0.717, 1.165) is 18.4 Å². The van der Waals surface area contributed by atoms with Crippen molar-refractivity contribution in [2.24, 2.45) is 0 Å². The normalized spacial score (nSPS) is 13.1. The fourth-order valence-electron chi connectivity index (χ4n) is 3.66. The lowest BCUT2D eigenvalue weighted by atomic mass is 10.0. The van der Waals surface area contributed by atoms with Gasteiger partial charge in [-0.15, -0.1) is 0 Å². The SMILES string of the molecule is CCOc1ccc(S(=O)(=O)N[C@@H](Cc2ccccc2)C(=O)N[C@@H](C)CCc2ccccc2)cc1Cl. The van der Waals surface area contributed by atoms with Crippen molar-refractivity contribution >= 4 is 27.5 Å². The maximum atomic E-state index is 13.2. The summed E-state index contributed by atoms with van der Waals surface area (Å²) in [6, 6.07) is 22.5. The Morgan fingerprint density at radius 2 is 1.60 bits per heavy atom. The van der Waals surface area contributed by atoms with Gasteiger partial charge in [-0.3, -0.25) is 4.79 Å². The third-order valence-electron chi connectivity index (χ3n) is 5.51. The van der Waals surface area contributed by atoms with Crippen molar-refractivity contribution in [2.45, 2.75) is 50.1 Å². The number of hydrogen-bond donors (Lipinski definition) is 2. The number of hydrogen-bond acceptors (Lipinski definition) is 4. The molecule has 3 aromatic rings. The second kappa shape index (κ2) is 12.7. The van der Waals surface area contributed by atoms with Gasteiger partial charge in [0.15, 0.2) is 0 Å². The Kier molecular flexibility index (Phi) is 9.72. The number of carbonyl (C=O) groups is 1. The predicted octanol–water partition coefficient (Wildman–Crippen LogP) is 4.77. The zero-order valence-corrected chi connectivity index (χ0v) is 21.5. The standard InChI is InChI=1S/C27H31ClN2O4S/c1-3-34-26-17-16-23(19-24(26)28)35(32,33)30-25(18-22-12-8-5-9-13-22)27(31)29-20(2)14-15-21-10-6-4-7-11-21/h4-13,16-17,19-20,25,30H,3,14-15,18H2,1-2H3,(H,29,31)/t20-,25-/m0/s1. The molecule has 0 aliphatic rings. The maximum absolute atomic E-state index is 13.2. The number of ether oxygens (including phenoxy) is 1. The molecular formula is C27H31ClN2O4S. The van der Waals surface area contributed by atoms with Crippen LogP contribution in [0.2, 0.25) is 5.02 Å². The molecule has 0 saturated carbocycles. The number of benzene rings is 3. The Bertz CT molecular complexity index is 1200. The first kappa shape index (κ1) is 26.7. The van der Waals surface area contributed by atoms with Crippen LogP contribution in [0.4, 0.5) is 0 Å². The molecule has 35 heavy (non-hydrogen) atoms. The number of nitrogens with one attached hydrogen (secondary N) is 2. The van der Waals surface area contributed by atoms with Gasteiger partial charge in [-0.05, 0) is 62.4 Å². The highest BCUT2D eigenvalue weighted by Crippen LogP contribution is 2.27. The average molecular weight is 515 g/mol. The lowest BCUT2D eigenvalue weighted by Gasteiger charge is -2.22. The molecule has 6 nitrogen and oxygen atoms in total. The Morgan fingerprint density at radius 1 is 0.971 bits per heavy atom. The van der Waals surface area contributed by atoms with Crippen LogP contribution >= 0.6 is 11.6 Å². The van der Waals surface area contributed by atoms with E-state index in [1.54, 1.807) is 0 Å². The minimum absolute atomic E-state index is 0.0334. The molecule has 0 aliphatic carbocycles. The van der Waals surface area contributed by atoms with E-state index >= 15 is 0 Å². The highest BCUT2D eigenvalue weighted by atomic mass is 35.5. The van der Waals surface area contributed by atoms with Gasteiger partial charge in [0.25, 0.3) is 0 Å². The van der Waals surface area contributed by atoms with Gasteiger partial charge in [0.2, 0.25) is 15.9 Å². The first-order valence-electron chi connectivity index (χ1n) is 11.6. The number of rotatable bonds is 12. The first-order chi connectivity index (χ1) is 16.8. The average Bonchev–Trinajstić information content (AvgIpc) is 2.85. The summed E-state index contributed by atoms with van der Waals surface area (Å²) in [6.45, 7) is 4.14. The molecule has 0 aliphatic heterocycles. The summed E-state index contributed by atoms with van der Waals surface area (Å²) < 4.78 is 34.3. The van der Waals surface area contributed by atoms with Crippen LogP contribution in [0.25, 0.3) is 0 Å². The van der Waals surface area contributed by atoms with E-state index in [1.165, 1.54) is 23.8 Å². The van der Waals surface area contributed by atoms with Crippen LogP contribution in [0.3, 0.4) is 0 Å². The predicted molar refractivity (Wildman–Crippen MR) is 139 cm³/mol. The minimum atomic E-state index is -4.02. The Balaban J connectivity index is 1.74. The van der Waals surface area contributed by atoms with Gasteiger partial charge in [-0.25, -0.2) is 8.42 Å². The van der Waals surface area contributed by atoms with Crippen molar-refractivity contribution in [1.82, 2.24) is 10.0 Å². The van der Waals surface area contributed by atoms with Gasteiger partial charge in [0.1, 0.15) is 11.8 Å². The van der Waals surface area contributed by atoms with E-state index in [1.807, 2.05) is 74.5 Å². The molecule has 2 atom stereocenters. The molecule has 1 amide bonds. The Labute approximate surface area is 212 Å². The van der Waals surface area contributed by atoms with Gasteiger partial charge in [-0.2, -0.15) is 4.72 Å². The molecule has 0 spiro atoms. The van der Waals surface area contributed by atoms with Gasteiger partial charge in [0, 0.05) is 6.04 Å². The minimum Gasteiger partial charge on any atom is -0.492 e. The van der Waals surface area contributed by atoms with E-state index in [4.69, 9.17) is 16.3 Å². The molecule has 0 unspecified atom stereocenters. The van der Waals surface area contributed by atoms with Crippen LogP contribution in [-0.2, 0) is 27.7 Å². The third kappa shape index (κ3) is 8.09. The van der Waals surface area contributed by atoms with Crippen LogP contribution in [0.15, 0.2) is 83.8 Å². The highest BCUT2D eigenvalue weighted by molar-refractivity contribution is 7.89. The molecule has 0 heterocycles. The molecule has 3 rings (SSSR count). The van der Waals surface area contributed by atoms with Gasteiger partial charge in [-0.1, -0.05) is 72.3 Å². The zero-order chi connectivity index (χ0) is 25.3. The van der Waals surface area contributed by atoms with Crippen molar-refractivity contribution in [2.75, 3.05) is 6.61 Å². The monoisotopic (exact) mass is 514 g/mol. The number of carbonyl (C=O) groups excluding carboxylic acids is 1. The molecule has 2 N–H and O–H groups in total. The van der Waals surface area contributed by atoms with Crippen molar-refractivity contribution in [1.29, 1.82) is 0 Å². The quantitative estimate of drug-likeness (QED) is 0.365. The van der Waals surface area contributed by atoms with Crippen molar-refractivity contribution < 1.29 is 17.9 Å². The lowest BCUT2D eigenvalue weighted by Crippen LogP contribution is -2.50.